The number of piperidine rings is 1. The third-order valence-corrected chi connectivity index (χ3v) is 7.16. The van der Waals surface area contributed by atoms with Crippen molar-refractivity contribution in [1.29, 1.82) is 0 Å². The highest BCUT2D eigenvalue weighted by atomic mass is 32.2. The number of nitrogens with zero attached hydrogens (tertiary/aromatic N) is 1. The van der Waals surface area contributed by atoms with Gasteiger partial charge in [0.25, 0.3) is 0 Å². The zero-order valence-corrected chi connectivity index (χ0v) is 18.2. The van der Waals surface area contributed by atoms with Crippen LogP contribution in [0.2, 0.25) is 0 Å². The van der Waals surface area contributed by atoms with Crippen LogP contribution in [-0.4, -0.2) is 38.8 Å². The Morgan fingerprint density at radius 1 is 1.19 bits per heavy atom. The van der Waals surface area contributed by atoms with Gasteiger partial charge in [0.2, 0.25) is 15.9 Å². The highest BCUT2D eigenvalue weighted by molar-refractivity contribution is 7.89. The molecule has 3 rings (SSSR count). The number of ether oxygens (including phenoxy) is 1. The van der Waals surface area contributed by atoms with Crippen LogP contribution in [0.3, 0.4) is 0 Å². The van der Waals surface area contributed by atoms with Crippen molar-refractivity contribution in [3.05, 3.63) is 53.3 Å². The summed E-state index contributed by atoms with van der Waals surface area (Å²) in [5.74, 6) is -2.30. The molecule has 1 aliphatic heterocycles. The molecule has 1 amide bonds. The molecule has 32 heavy (non-hydrogen) atoms. The van der Waals surface area contributed by atoms with E-state index in [1.807, 2.05) is 0 Å². The molecule has 11 heteroatoms. The second-order valence-electron chi connectivity index (χ2n) is 7.52. The van der Waals surface area contributed by atoms with Crippen LogP contribution in [0.1, 0.15) is 24.0 Å². The Balaban J connectivity index is 1.76. The van der Waals surface area contributed by atoms with Gasteiger partial charge < -0.3 is 10.1 Å². The van der Waals surface area contributed by atoms with Crippen molar-refractivity contribution < 1.29 is 35.5 Å². The van der Waals surface area contributed by atoms with Gasteiger partial charge in [-0.25, -0.2) is 12.8 Å². The van der Waals surface area contributed by atoms with Crippen LogP contribution in [0, 0.1) is 18.7 Å². The van der Waals surface area contributed by atoms with Crippen molar-refractivity contribution >= 4 is 21.6 Å². The number of carbonyl (C=O) groups is 1. The Hall–Kier alpha value is -2.66. The summed E-state index contributed by atoms with van der Waals surface area (Å²) in [6.45, 7) is 1.81. The molecule has 0 aromatic heterocycles. The maximum atomic E-state index is 13.5. The first-order valence-corrected chi connectivity index (χ1v) is 11.2. The van der Waals surface area contributed by atoms with E-state index in [0.29, 0.717) is 36.3 Å². The number of carbonyl (C=O) groups excluding carboxylic acids is 1. The summed E-state index contributed by atoms with van der Waals surface area (Å²) in [7, 11) is -2.41. The van der Waals surface area contributed by atoms with Gasteiger partial charge in [0, 0.05) is 18.8 Å². The van der Waals surface area contributed by atoms with Gasteiger partial charge in [-0.1, -0.05) is 0 Å². The van der Waals surface area contributed by atoms with Crippen LogP contribution in [0.15, 0.2) is 41.3 Å². The van der Waals surface area contributed by atoms with Crippen LogP contribution in [0.25, 0.3) is 0 Å². The quantitative estimate of drug-likeness (QED) is 0.659. The largest absolute Gasteiger partial charge is 0.496 e. The minimum atomic E-state index is -4.91. The van der Waals surface area contributed by atoms with E-state index in [1.165, 1.54) is 23.5 Å². The lowest BCUT2D eigenvalue weighted by Crippen LogP contribution is -2.43. The topological polar surface area (TPSA) is 75.7 Å². The Bertz CT molecular complexity index is 1120. The van der Waals surface area contributed by atoms with Gasteiger partial charge in [0.05, 0.1) is 23.5 Å². The van der Waals surface area contributed by atoms with Gasteiger partial charge in [-0.2, -0.15) is 17.5 Å². The lowest BCUT2D eigenvalue weighted by molar-refractivity contribution is -0.140. The molecule has 0 spiro atoms. The van der Waals surface area contributed by atoms with E-state index in [2.05, 4.69) is 5.32 Å². The van der Waals surface area contributed by atoms with Gasteiger partial charge in [-0.15, -0.1) is 0 Å². The van der Waals surface area contributed by atoms with Crippen LogP contribution in [-0.2, 0) is 21.0 Å². The Morgan fingerprint density at radius 2 is 1.91 bits per heavy atom. The van der Waals surface area contributed by atoms with E-state index >= 15 is 0 Å². The molecule has 0 bridgehead atoms. The number of hydrogen-bond acceptors (Lipinski definition) is 4. The molecule has 0 radical (unpaired) electrons. The van der Waals surface area contributed by atoms with Gasteiger partial charge in [-0.3, -0.25) is 4.79 Å². The summed E-state index contributed by atoms with van der Waals surface area (Å²) in [6.07, 6.45) is -4.13. The fraction of sp³-hybridized carbons (Fsp3) is 0.381. The lowest BCUT2D eigenvalue weighted by Gasteiger charge is -2.31. The summed E-state index contributed by atoms with van der Waals surface area (Å²) >= 11 is 0. The normalized spacial score (nSPS) is 17.8. The predicted octanol–water partition coefficient (Wildman–Crippen LogP) is 4.20. The number of rotatable bonds is 5. The molecule has 0 unspecified atom stereocenters. The van der Waals surface area contributed by atoms with E-state index < -0.39 is 39.4 Å². The van der Waals surface area contributed by atoms with Crippen LogP contribution >= 0.6 is 0 Å². The fourth-order valence-electron chi connectivity index (χ4n) is 3.60. The third-order valence-electron chi connectivity index (χ3n) is 5.30. The second-order valence-corrected chi connectivity index (χ2v) is 9.45. The molecule has 0 aliphatic carbocycles. The molecule has 174 valence electrons. The fourth-order valence-corrected chi connectivity index (χ4v) is 5.21. The molecule has 0 saturated carbocycles. The molecular weight excluding hydrogens is 452 g/mol. The van der Waals surface area contributed by atoms with Crippen molar-refractivity contribution in [1.82, 2.24) is 4.31 Å². The average molecular weight is 474 g/mol. The number of hydrogen-bond donors (Lipinski definition) is 1. The number of methoxy groups -OCH3 is 1. The minimum Gasteiger partial charge on any atom is -0.496 e. The third kappa shape index (κ3) is 5.04. The van der Waals surface area contributed by atoms with E-state index in [1.54, 1.807) is 13.0 Å². The SMILES string of the molecule is COc1ccc(S(=O)(=O)N2CCC[C@H](C(=O)Nc3ccc(F)c(C(F)(F)F)c3)C2)cc1C. The van der Waals surface area contributed by atoms with Crippen molar-refractivity contribution in [2.45, 2.75) is 30.8 Å². The van der Waals surface area contributed by atoms with E-state index in [4.69, 9.17) is 4.74 Å². The Kier molecular flexibility index (Phi) is 6.80. The number of anilines is 1. The number of nitrogens with one attached hydrogen (secondary N) is 1. The first-order valence-electron chi connectivity index (χ1n) is 9.76. The summed E-state index contributed by atoms with van der Waals surface area (Å²) < 4.78 is 84.6. The van der Waals surface area contributed by atoms with Crippen molar-refractivity contribution in [2.75, 3.05) is 25.5 Å². The van der Waals surface area contributed by atoms with E-state index in [0.717, 1.165) is 6.07 Å². The second kappa shape index (κ2) is 9.07. The maximum absolute atomic E-state index is 13.5. The number of aryl methyl sites for hydroxylation is 1. The standard InChI is InChI=1S/C21H22F4N2O4S/c1-13-10-16(6-8-19(13)31-2)32(29,30)27-9-3-4-14(12-27)20(28)26-15-5-7-18(22)17(11-15)21(23,24)25/h5-8,10-11,14H,3-4,9,12H2,1-2H3,(H,26,28)/t14-/m0/s1. The van der Waals surface area contributed by atoms with Crippen molar-refractivity contribution in [3.8, 4) is 5.75 Å². The molecule has 2 aromatic carbocycles. The zero-order valence-electron chi connectivity index (χ0n) is 17.4. The monoisotopic (exact) mass is 474 g/mol. The van der Waals surface area contributed by atoms with Crippen LogP contribution in [0.4, 0.5) is 23.2 Å². The van der Waals surface area contributed by atoms with Gasteiger partial charge in [0.15, 0.2) is 0 Å². The highest BCUT2D eigenvalue weighted by Gasteiger charge is 2.36. The Morgan fingerprint density at radius 3 is 2.53 bits per heavy atom. The Labute approximate surface area is 183 Å². The number of halogens is 4. The molecule has 1 heterocycles. The summed E-state index contributed by atoms with van der Waals surface area (Å²) in [5.41, 5.74) is -1.07. The molecule has 1 saturated heterocycles. The lowest BCUT2D eigenvalue weighted by atomic mass is 9.98. The van der Waals surface area contributed by atoms with E-state index in [-0.39, 0.29) is 23.7 Å². The van der Waals surface area contributed by atoms with Crippen molar-refractivity contribution in [2.24, 2.45) is 5.92 Å². The smallest absolute Gasteiger partial charge is 0.419 e. The van der Waals surface area contributed by atoms with Crippen molar-refractivity contribution in [3.63, 3.8) is 0 Å². The van der Waals surface area contributed by atoms with Crippen LogP contribution < -0.4 is 10.1 Å². The van der Waals surface area contributed by atoms with Gasteiger partial charge in [-0.05, 0) is 61.7 Å². The molecule has 1 fully saturated rings. The summed E-state index contributed by atoms with van der Waals surface area (Å²) in [5, 5.41) is 2.34. The molecule has 2 aromatic rings. The number of amides is 1. The number of benzene rings is 2. The van der Waals surface area contributed by atoms with E-state index in [9.17, 15) is 30.8 Å². The predicted molar refractivity (Wildman–Crippen MR) is 109 cm³/mol. The molecule has 6 nitrogen and oxygen atoms in total. The maximum Gasteiger partial charge on any atom is 0.419 e. The summed E-state index contributed by atoms with van der Waals surface area (Å²) in [6, 6.07) is 6.62. The summed E-state index contributed by atoms with van der Waals surface area (Å²) in [4.78, 5) is 12.7. The average Bonchev–Trinajstić information content (AvgIpc) is 2.74. The molecule has 1 atom stereocenters. The first kappa shape index (κ1) is 24.0. The molecule has 1 N–H and O–H groups in total. The minimum absolute atomic E-state index is 0.0604. The van der Waals surface area contributed by atoms with Gasteiger partial charge >= 0.3 is 6.18 Å². The highest BCUT2D eigenvalue weighted by Crippen LogP contribution is 2.33. The number of sulfonamides is 1. The first-order chi connectivity index (χ1) is 14.9. The number of alkyl halides is 3. The molecular formula is C21H22F4N2O4S. The molecule has 1 aliphatic rings. The van der Waals surface area contributed by atoms with Gasteiger partial charge in [0.1, 0.15) is 11.6 Å². The van der Waals surface area contributed by atoms with Crippen LogP contribution in [0.5, 0.6) is 5.75 Å². The zero-order chi connectivity index (χ0) is 23.7.